The van der Waals surface area contributed by atoms with Crippen LogP contribution in [0.5, 0.6) is 0 Å². The lowest BCUT2D eigenvalue weighted by atomic mass is 9.92. The molecule has 0 saturated heterocycles. The fraction of sp³-hybridized carbons (Fsp3) is 0.333. The molecule has 0 spiro atoms. The molecule has 5 heteroatoms. The van der Waals surface area contributed by atoms with E-state index in [0.29, 0.717) is 17.7 Å². The lowest BCUT2D eigenvalue weighted by molar-refractivity contribution is -0.141. The molecule has 1 aromatic heterocycles. The molecular weight excluding hydrogens is 366 g/mol. The van der Waals surface area contributed by atoms with E-state index in [-0.39, 0.29) is 6.42 Å². The van der Waals surface area contributed by atoms with E-state index in [9.17, 15) is 15.1 Å². The first-order valence-electron chi connectivity index (χ1n) is 10.2. The Hall–Kier alpha value is -3.08. The van der Waals surface area contributed by atoms with Gasteiger partial charge in [-0.15, -0.1) is 0 Å². The van der Waals surface area contributed by atoms with Crippen LogP contribution in [0.3, 0.4) is 0 Å². The van der Waals surface area contributed by atoms with E-state index < -0.39 is 11.9 Å². The topological polar surface area (TPSA) is 83.0 Å². The van der Waals surface area contributed by atoms with Gasteiger partial charge in [0, 0.05) is 29.4 Å². The molecule has 2 aromatic carbocycles. The molecule has 3 aromatic rings. The van der Waals surface area contributed by atoms with Crippen molar-refractivity contribution in [3.63, 3.8) is 0 Å². The van der Waals surface area contributed by atoms with E-state index in [1.807, 2.05) is 48.5 Å². The summed E-state index contributed by atoms with van der Waals surface area (Å²) in [5.41, 5.74) is 4.35. The Bertz CT molecular complexity index is 1040. The molecule has 2 N–H and O–H groups in total. The van der Waals surface area contributed by atoms with Crippen molar-refractivity contribution >= 4 is 22.7 Å². The van der Waals surface area contributed by atoms with Crippen LogP contribution < -0.4 is 0 Å². The monoisotopic (exact) mass is 391 g/mol. The Morgan fingerprint density at radius 1 is 1.14 bits per heavy atom. The fourth-order valence-electron chi connectivity index (χ4n) is 4.24. The van der Waals surface area contributed by atoms with Gasteiger partial charge in [-0.05, 0) is 43.7 Å². The van der Waals surface area contributed by atoms with Crippen molar-refractivity contribution in [3.8, 4) is 0 Å². The van der Waals surface area contributed by atoms with Gasteiger partial charge in [-0.3, -0.25) is 4.79 Å². The summed E-state index contributed by atoms with van der Waals surface area (Å²) in [6, 6.07) is 15.8. The third kappa shape index (κ3) is 4.19. The van der Waals surface area contributed by atoms with Crippen LogP contribution in [0, 0.1) is 5.92 Å². The quantitative estimate of drug-likeness (QED) is 0.313. The Morgan fingerprint density at radius 3 is 2.72 bits per heavy atom. The average Bonchev–Trinajstić information content (AvgIpc) is 3.32. The maximum atomic E-state index is 11.8. The summed E-state index contributed by atoms with van der Waals surface area (Å²) >= 11 is 0. The molecule has 4 rings (SSSR count). The third-order valence-corrected chi connectivity index (χ3v) is 5.81. The van der Waals surface area contributed by atoms with Crippen LogP contribution in [0.25, 0.3) is 11.0 Å². The number of rotatable bonds is 8. The molecule has 150 valence electrons. The van der Waals surface area contributed by atoms with Gasteiger partial charge in [0.15, 0.2) is 0 Å². The lowest BCUT2D eigenvalue weighted by Crippen LogP contribution is -2.19. The molecule has 1 aliphatic carbocycles. The molecule has 0 radical (unpaired) electrons. The predicted octanol–water partition coefficient (Wildman–Crippen LogP) is 5.21. The lowest BCUT2D eigenvalue weighted by Gasteiger charge is -2.13. The number of carboxylic acids is 1. The van der Waals surface area contributed by atoms with Gasteiger partial charge >= 0.3 is 5.97 Å². The number of aliphatic carboxylic acids is 1. The molecule has 1 atom stereocenters. The summed E-state index contributed by atoms with van der Waals surface area (Å²) in [6.07, 6.45) is 5.43. The van der Waals surface area contributed by atoms with Gasteiger partial charge in [-0.25, -0.2) is 0 Å². The van der Waals surface area contributed by atoms with Gasteiger partial charge in [0.1, 0.15) is 11.3 Å². The van der Waals surface area contributed by atoms with Crippen molar-refractivity contribution in [2.45, 2.75) is 44.9 Å². The summed E-state index contributed by atoms with van der Waals surface area (Å²) in [5.74, 6) is -0.414. The zero-order valence-electron chi connectivity index (χ0n) is 16.3. The second kappa shape index (κ2) is 8.52. The average molecular weight is 391 g/mol. The SMILES string of the molecule is O=C(O)[C@H](CCCc1ccccc1)CC(=NO)c1ccc2c3c(oc2c1)CCC3. The number of carbonyl (C=O) groups is 1. The smallest absolute Gasteiger partial charge is 0.306 e. The third-order valence-electron chi connectivity index (χ3n) is 5.81. The van der Waals surface area contributed by atoms with Crippen molar-refractivity contribution in [2.75, 3.05) is 0 Å². The van der Waals surface area contributed by atoms with Crippen LogP contribution in [0.15, 0.2) is 58.1 Å². The van der Waals surface area contributed by atoms with E-state index in [1.165, 1.54) is 11.1 Å². The molecule has 1 heterocycles. The van der Waals surface area contributed by atoms with E-state index >= 15 is 0 Å². The van der Waals surface area contributed by atoms with Gasteiger partial charge in [0.05, 0.1) is 11.6 Å². The highest BCUT2D eigenvalue weighted by atomic mass is 16.4. The summed E-state index contributed by atoms with van der Waals surface area (Å²) in [7, 11) is 0. The van der Waals surface area contributed by atoms with E-state index in [4.69, 9.17) is 4.42 Å². The second-order valence-corrected chi connectivity index (χ2v) is 7.73. The molecule has 5 nitrogen and oxygen atoms in total. The van der Waals surface area contributed by atoms with Crippen LogP contribution in [0.1, 0.15) is 48.1 Å². The number of fused-ring (bicyclic) bond motifs is 3. The Balaban J connectivity index is 1.46. The van der Waals surface area contributed by atoms with E-state index in [0.717, 1.165) is 48.8 Å². The highest BCUT2D eigenvalue weighted by Crippen LogP contribution is 2.33. The predicted molar refractivity (Wildman–Crippen MR) is 112 cm³/mol. The maximum Gasteiger partial charge on any atom is 0.306 e. The van der Waals surface area contributed by atoms with Crippen LogP contribution in [-0.4, -0.2) is 22.0 Å². The molecule has 0 saturated carbocycles. The first-order chi connectivity index (χ1) is 14.2. The summed E-state index contributed by atoms with van der Waals surface area (Å²) < 4.78 is 5.96. The molecule has 1 aliphatic rings. The van der Waals surface area contributed by atoms with Crippen LogP contribution in [0.4, 0.5) is 0 Å². The van der Waals surface area contributed by atoms with Crippen molar-refractivity contribution in [1.82, 2.24) is 0 Å². The largest absolute Gasteiger partial charge is 0.481 e. The minimum Gasteiger partial charge on any atom is -0.481 e. The number of furan rings is 1. The standard InChI is InChI=1S/C24H25NO4/c26-24(27)18(9-4-8-16-6-2-1-3-7-16)14-21(25-28)17-12-13-20-19-10-5-11-22(19)29-23(20)15-17/h1-3,6-7,12-13,15,18,28H,4-5,8-11,14H2,(H,26,27)/t18-/m1/s1. The minimum absolute atomic E-state index is 0.187. The second-order valence-electron chi connectivity index (χ2n) is 7.73. The summed E-state index contributed by atoms with van der Waals surface area (Å²) in [4.78, 5) is 11.8. The van der Waals surface area contributed by atoms with Gasteiger partial charge in [-0.2, -0.15) is 0 Å². The van der Waals surface area contributed by atoms with Crippen molar-refractivity contribution in [1.29, 1.82) is 0 Å². The molecule has 0 fully saturated rings. The molecule has 0 amide bonds. The first-order valence-corrected chi connectivity index (χ1v) is 10.2. The van der Waals surface area contributed by atoms with E-state index in [2.05, 4.69) is 5.16 Å². The highest BCUT2D eigenvalue weighted by molar-refractivity contribution is 6.04. The van der Waals surface area contributed by atoms with Crippen LogP contribution in [-0.2, 0) is 24.1 Å². The fourth-order valence-corrected chi connectivity index (χ4v) is 4.24. The van der Waals surface area contributed by atoms with Crippen molar-refractivity contribution < 1.29 is 19.5 Å². The zero-order chi connectivity index (χ0) is 20.2. The number of hydrogen-bond donors (Lipinski definition) is 2. The number of benzene rings is 2. The van der Waals surface area contributed by atoms with Gasteiger partial charge in [0.2, 0.25) is 0 Å². The normalized spacial score (nSPS) is 14.8. The highest BCUT2D eigenvalue weighted by Gasteiger charge is 2.23. The number of hydrogen-bond acceptors (Lipinski definition) is 4. The van der Waals surface area contributed by atoms with Gasteiger partial charge in [0.25, 0.3) is 0 Å². The van der Waals surface area contributed by atoms with Crippen LogP contribution in [0.2, 0.25) is 0 Å². The zero-order valence-corrected chi connectivity index (χ0v) is 16.3. The van der Waals surface area contributed by atoms with E-state index in [1.54, 1.807) is 0 Å². The van der Waals surface area contributed by atoms with Crippen molar-refractivity contribution in [3.05, 3.63) is 71.0 Å². The number of nitrogens with zero attached hydrogens (tertiary/aromatic N) is 1. The number of aryl methyl sites for hydroxylation is 3. The summed E-state index contributed by atoms with van der Waals surface area (Å²) in [6.45, 7) is 0. The van der Waals surface area contributed by atoms with Gasteiger partial charge < -0.3 is 14.7 Å². The molecule has 0 bridgehead atoms. The molecule has 0 aliphatic heterocycles. The molecule has 0 unspecified atom stereocenters. The maximum absolute atomic E-state index is 11.8. The Kier molecular flexibility index (Phi) is 5.65. The Morgan fingerprint density at radius 2 is 1.97 bits per heavy atom. The number of oxime groups is 1. The molecule has 29 heavy (non-hydrogen) atoms. The van der Waals surface area contributed by atoms with Crippen molar-refractivity contribution in [2.24, 2.45) is 11.1 Å². The first kappa shape index (κ1) is 19.2. The number of carboxylic acid groups (broad SMARTS) is 1. The van der Waals surface area contributed by atoms with Crippen LogP contribution >= 0.6 is 0 Å². The minimum atomic E-state index is -0.864. The van der Waals surface area contributed by atoms with Gasteiger partial charge in [-0.1, -0.05) is 47.6 Å². The summed E-state index contributed by atoms with van der Waals surface area (Å²) in [5, 5.41) is 23.8. The Labute approximate surface area is 169 Å². The molecular formula is C24H25NO4.